The Morgan fingerprint density at radius 2 is 1.77 bits per heavy atom. The summed E-state index contributed by atoms with van der Waals surface area (Å²) in [6.45, 7) is 0. The molecular formula is C24H20BrN3OS. The molecule has 0 saturated carbocycles. The van der Waals surface area contributed by atoms with Crippen molar-refractivity contribution in [3.8, 4) is 17.3 Å². The molecule has 0 atom stereocenters. The summed E-state index contributed by atoms with van der Waals surface area (Å²) in [6.07, 6.45) is 4.02. The van der Waals surface area contributed by atoms with Crippen molar-refractivity contribution in [2.24, 2.45) is 0 Å². The van der Waals surface area contributed by atoms with Gasteiger partial charge in [0.15, 0.2) is 0 Å². The molecule has 1 N–H and O–H groups in total. The Morgan fingerprint density at radius 1 is 1.07 bits per heavy atom. The van der Waals surface area contributed by atoms with Crippen molar-refractivity contribution in [1.82, 2.24) is 4.98 Å². The number of hydrogen-bond donors (Lipinski definition) is 1. The fourth-order valence-electron chi connectivity index (χ4n) is 3.72. The maximum atomic E-state index is 12.5. The van der Waals surface area contributed by atoms with Crippen LogP contribution in [0, 0.1) is 11.3 Å². The number of carbonyl (C=O) groups excluding carboxylic acids is 1. The molecule has 1 amide bonds. The topological polar surface area (TPSA) is 65.8 Å². The number of carbonyl (C=O) groups is 1. The van der Waals surface area contributed by atoms with E-state index < -0.39 is 0 Å². The number of amides is 1. The molecule has 0 unspecified atom stereocenters. The summed E-state index contributed by atoms with van der Waals surface area (Å²) in [5.41, 5.74) is 5.67. The number of benzene rings is 2. The molecule has 1 aliphatic rings. The number of anilines is 1. The summed E-state index contributed by atoms with van der Waals surface area (Å²) in [5, 5.41) is 13.4. The van der Waals surface area contributed by atoms with E-state index in [2.05, 4.69) is 39.4 Å². The first kappa shape index (κ1) is 20.6. The van der Waals surface area contributed by atoms with E-state index in [0.29, 0.717) is 10.6 Å². The largest absolute Gasteiger partial charge is 0.325 e. The van der Waals surface area contributed by atoms with Gasteiger partial charge in [0.05, 0.1) is 17.0 Å². The van der Waals surface area contributed by atoms with Crippen LogP contribution in [-0.4, -0.2) is 16.6 Å². The van der Waals surface area contributed by atoms with Crippen molar-refractivity contribution in [3.63, 3.8) is 0 Å². The zero-order chi connectivity index (χ0) is 20.9. The molecule has 2 aromatic carbocycles. The SMILES string of the molecule is N#Cc1c(SCC(=O)Nc2ccc(Br)cc2)nc(-c2ccccc2)c2c1CCCC2. The zero-order valence-corrected chi connectivity index (χ0v) is 18.7. The Labute approximate surface area is 188 Å². The van der Waals surface area contributed by atoms with Gasteiger partial charge in [-0.2, -0.15) is 5.26 Å². The van der Waals surface area contributed by atoms with Gasteiger partial charge in [0, 0.05) is 15.7 Å². The number of hydrogen-bond acceptors (Lipinski definition) is 4. The average molecular weight is 478 g/mol. The molecule has 3 aromatic rings. The minimum absolute atomic E-state index is 0.119. The Hall–Kier alpha value is -2.62. The lowest BCUT2D eigenvalue weighted by atomic mass is 9.86. The summed E-state index contributed by atoms with van der Waals surface area (Å²) in [7, 11) is 0. The number of thioether (sulfide) groups is 1. The highest BCUT2D eigenvalue weighted by molar-refractivity contribution is 9.10. The molecular weight excluding hydrogens is 458 g/mol. The molecule has 0 radical (unpaired) electrons. The number of fused-ring (bicyclic) bond motifs is 1. The fraction of sp³-hybridized carbons (Fsp3) is 0.208. The number of aromatic nitrogens is 1. The quantitative estimate of drug-likeness (QED) is 0.458. The number of nitrogens with zero attached hydrogens (tertiary/aromatic N) is 2. The van der Waals surface area contributed by atoms with E-state index in [0.717, 1.165) is 52.7 Å². The van der Waals surface area contributed by atoms with Crippen LogP contribution >= 0.6 is 27.7 Å². The Bertz CT molecular complexity index is 1110. The second-order valence-electron chi connectivity index (χ2n) is 7.13. The predicted octanol–water partition coefficient (Wildman–Crippen LogP) is 5.99. The van der Waals surface area contributed by atoms with E-state index >= 15 is 0 Å². The second-order valence-corrected chi connectivity index (χ2v) is 9.01. The highest BCUT2D eigenvalue weighted by atomic mass is 79.9. The molecule has 30 heavy (non-hydrogen) atoms. The minimum Gasteiger partial charge on any atom is -0.325 e. The summed E-state index contributed by atoms with van der Waals surface area (Å²) in [5.74, 6) is 0.0806. The predicted molar refractivity (Wildman–Crippen MR) is 125 cm³/mol. The zero-order valence-electron chi connectivity index (χ0n) is 16.3. The third-order valence-electron chi connectivity index (χ3n) is 5.11. The lowest BCUT2D eigenvalue weighted by Crippen LogP contribution is -2.15. The molecule has 0 aliphatic heterocycles. The summed E-state index contributed by atoms with van der Waals surface area (Å²) < 4.78 is 0.959. The highest BCUT2D eigenvalue weighted by Gasteiger charge is 2.23. The van der Waals surface area contributed by atoms with E-state index in [9.17, 15) is 10.1 Å². The summed E-state index contributed by atoms with van der Waals surface area (Å²) in [6, 6.07) is 19.9. The van der Waals surface area contributed by atoms with E-state index in [4.69, 9.17) is 4.98 Å². The van der Waals surface area contributed by atoms with Gasteiger partial charge in [0.25, 0.3) is 0 Å². The normalized spacial score (nSPS) is 12.7. The van der Waals surface area contributed by atoms with Gasteiger partial charge in [-0.3, -0.25) is 4.79 Å². The van der Waals surface area contributed by atoms with Crippen LogP contribution < -0.4 is 5.32 Å². The molecule has 0 fully saturated rings. The van der Waals surface area contributed by atoms with Crippen LogP contribution in [0.4, 0.5) is 5.69 Å². The van der Waals surface area contributed by atoms with Gasteiger partial charge >= 0.3 is 0 Å². The monoisotopic (exact) mass is 477 g/mol. The Balaban J connectivity index is 1.61. The number of pyridine rings is 1. The molecule has 6 heteroatoms. The maximum Gasteiger partial charge on any atom is 0.234 e. The third kappa shape index (κ3) is 4.58. The lowest BCUT2D eigenvalue weighted by Gasteiger charge is -2.22. The van der Waals surface area contributed by atoms with Gasteiger partial charge in [-0.25, -0.2) is 4.98 Å². The Morgan fingerprint density at radius 3 is 2.47 bits per heavy atom. The van der Waals surface area contributed by atoms with Gasteiger partial charge in [-0.05, 0) is 61.1 Å². The van der Waals surface area contributed by atoms with E-state index in [1.54, 1.807) is 0 Å². The summed E-state index contributed by atoms with van der Waals surface area (Å²) >= 11 is 4.72. The molecule has 0 saturated heterocycles. The number of rotatable bonds is 5. The third-order valence-corrected chi connectivity index (χ3v) is 6.61. The number of halogens is 1. The lowest BCUT2D eigenvalue weighted by molar-refractivity contribution is -0.113. The molecule has 4 nitrogen and oxygen atoms in total. The van der Waals surface area contributed by atoms with E-state index in [1.807, 2.05) is 42.5 Å². The van der Waals surface area contributed by atoms with Crippen LogP contribution in [-0.2, 0) is 17.6 Å². The van der Waals surface area contributed by atoms with Crippen molar-refractivity contribution < 1.29 is 4.79 Å². The van der Waals surface area contributed by atoms with Crippen LogP contribution in [0.5, 0.6) is 0 Å². The first-order valence-electron chi connectivity index (χ1n) is 9.85. The maximum absolute atomic E-state index is 12.5. The summed E-state index contributed by atoms with van der Waals surface area (Å²) in [4.78, 5) is 17.3. The smallest absolute Gasteiger partial charge is 0.234 e. The van der Waals surface area contributed by atoms with Crippen LogP contribution in [0.2, 0.25) is 0 Å². The first-order chi connectivity index (χ1) is 14.7. The molecule has 4 rings (SSSR count). The first-order valence-corrected chi connectivity index (χ1v) is 11.6. The minimum atomic E-state index is -0.119. The van der Waals surface area contributed by atoms with Gasteiger partial charge in [-0.1, -0.05) is 58.0 Å². The molecule has 1 heterocycles. The highest BCUT2D eigenvalue weighted by Crippen LogP contribution is 2.36. The second kappa shape index (κ2) is 9.46. The van der Waals surface area contributed by atoms with Gasteiger partial charge in [0.1, 0.15) is 11.1 Å². The molecule has 0 bridgehead atoms. The van der Waals surface area contributed by atoms with Crippen LogP contribution in [0.25, 0.3) is 11.3 Å². The molecule has 1 aliphatic carbocycles. The van der Waals surface area contributed by atoms with Crippen molar-refractivity contribution >= 4 is 39.3 Å². The van der Waals surface area contributed by atoms with Crippen LogP contribution in [0.15, 0.2) is 64.1 Å². The van der Waals surface area contributed by atoms with Crippen molar-refractivity contribution in [1.29, 1.82) is 5.26 Å². The van der Waals surface area contributed by atoms with Crippen molar-refractivity contribution in [2.75, 3.05) is 11.1 Å². The van der Waals surface area contributed by atoms with Gasteiger partial charge < -0.3 is 5.32 Å². The molecule has 150 valence electrons. The van der Waals surface area contributed by atoms with Gasteiger partial charge in [-0.15, -0.1) is 0 Å². The van der Waals surface area contributed by atoms with Crippen molar-refractivity contribution in [2.45, 2.75) is 30.7 Å². The van der Waals surface area contributed by atoms with Gasteiger partial charge in [0.2, 0.25) is 5.91 Å². The van der Waals surface area contributed by atoms with Crippen LogP contribution in [0.1, 0.15) is 29.5 Å². The standard InChI is InChI=1S/C24H20BrN3OS/c25-17-10-12-18(13-11-17)27-22(29)15-30-24-21(14-26)19-8-4-5-9-20(19)23(28-24)16-6-2-1-3-7-16/h1-3,6-7,10-13H,4-5,8-9,15H2,(H,27,29). The Kier molecular flexibility index (Phi) is 6.51. The van der Waals surface area contributed by atoms with E-state index in [1.165, 1.54) is 17.3 Å². The number of nitrogens with one attached hydrogen (secondary N) is 1. The fourth-order valence-corrected chi connectivity index (χ4v) is 4.79. The average Bonchev–Trinajstić information content (AvgIpc) is 2.79. The van der Waals surface area contributed by atoms with Crippen molar-refractivity contribution in [3.05, 3.63) is 75.8 Å². The number of nitriles is 1. The van der Waals surface area contributed by atoms with E-state index in [-0.39, 0.29) is 11.7 Å². The molecule has 1 aromatic heterocycles. The van der Waals surface area contributed by atoms with Crippen LogP contribution in [0.3, 0.4) is 0 Å². The molecule has 0 spiro atoms.